The van der Waals surface area contributed by atoms with E-state index < -0.39 is 15.6 Å². The number of aromatic nitrogens is 1. The number of halogens is 1. The van der Waals surface area contributed by atoms with Gasteiger partial charge in [0.1, 0.15) is 16.4 Å². The number of nitrogens with one attached hydrogen (secondary N) is 1. The SMILES string of the molecule is CCN(CC)S(=O)(=O)c1cc(C(=O)NC2(c3ccc(F)cc3)CCC2)n(C)c1. The van der Waals surface area contributed by atoms with E-state index in [1.54, 1.807) is 33.0 Å². The molecule has 6 nitrogen and oxygen atoms in total. The first kappa shape index (κ1) is 20.5. The van der Waals surface area contributed by atoms with Gasteiger partial charge in [-0.1, -0.05) is 26.0 Å². The molecule has 1 aromatic heterocycles. The monoisotopic (exact) mass is 407 g/mol. The van der Waals surface area contributed by atoms with Gasteiger partial charge in [-0.15, -0.1) is 0 Å². The molecule has 3 rings (SSSR count). The van der Waals surface area contributed by atoms with Crippen LogP contribution in [0.15, 0.2) is 41.4 Å². The van der Waals surface area contributed by atoms with Crippen molar-refractivity contribution in [2.45, 2.75) is 43.5 Å². The van der Waals surface area contributed by atoms with E-state index in [1.807, 2.05) is 0 Å². The Labute approximate surface area is 165 Å². The highest BCUT2D eigenvalue weighted by atomic mass is 32.2. The molecule has 8 heteroatoms. The Bertz CT molecular complexity index is 959. The molecule has 0 bridgehead atoms. The van der Waals surface area contributed by atoms with Crippen molar-refractivity contribution in [2.24, 2.45) is 7.05 Å². The summed E-state index contributed by atoms with van der Waals surface area (Å²) in [5.74, 6) is -0.661. The second-order valence-corrected chi connectivity index (χ2v) is 9.10. The minimum atomic E-state index is -3.64. The van der Waals surface area contributed by atoms with Gasteiger partial charge in [-0.25, -0.2) is 12.8 Å². The highest BCUT2D eigenvalue weighted by Gasteiger charge is 2.40. The van der Waals surface area contributed by atoms with Gasteiger partial charge in [0, 0.05) is 26.3 Å². The zero-order valence-electron chi connectivity index (χ0n) is 16.4. The number of rotatable bonds is 7. The Morgan fingerprint density at radius 2 is 1.82 bits per heavy atom. The number of amides is 1. The van der Waals surface area contributed by atoms with E-state index in [0.29, 0.717) is 13.1 Å². The average Bonchev–Trinajstić information content (AvgIpc) is 3.02. The van der Waals surface area contributed by atoms with Crippen LogP contribution in [-0.4, -0.2) is 36.3 Å². The number of nitrogens with zero attached hydrogens (tertiary/aromatic N) is 2. The van der Waals surface area contributed by atoms with Crippen LogP contribution in [-0.2, 0) is 22.6 Å². The van der Waals surface area contributed by atoms with Crippen LogP contribution in [0, 0.1) is 5.82 Å². The fourth-order valence-electron chi connectivity index (χ4n) is 3.68. The maximum absolute atomic E-state index is 13.3. The predicted molar refractivity (Wildman–Crippen MR) is 105 cm³/mol. The third-order valence-electron chi connectivity index (χ3n) is 5.51. The summed E-state index contributed by atoms with van der Waals surface area (Å²) in [5.41, 5.74) is 0.602. The van der Waals surface area contributed by atoms with E-state index >= 15 is 0 Å². The molecule has 0 radical (unpaired) electrons. The molecule has 1 saturated carbocycles. The summed E-state index contributed by atoms with van der Waals surface area (Å²) in [7, 11) is -1.98. The molecule has 1 N–H and O–H groups in total. The van der Waals surface area contributed by atoms with Crippen molar-refractivity contribution in [3.05, 3.63) is 53.6 Å². The fourth-order valence-corrected chi connectivity index (χ4v) is 5.21. The molecule has 1 aliphatic carbocycles. The summed E-state index contributed by atoms with van der Waals surface area (Å²) in [5, 5.41) is 3.05. The zero-order valence-corrected chi connectivity index (χ0v) is 17.2. The number of benzene rings is 1. The lowest BCUT2D eigenvalue weighted by Gasteiger charge is -2.43. The van der Waals surface area contributed by atoms with Crippen LogP contribution in [0.3, 0.4) is 0 Å². The second kappa shape index (κ2) is 7.67. The third kappa shape index (κ3) is 3.58. The lowest BCUT2D eigenvalue weighted by molar-refractivity contribution is 0.0814. The van der Waals surface area contributed by atoms with Gasteiger partial charge in [0.05, 0.1) is 5.54 Å². The van der Waals surface area contributed by atoms with E-state index in [2.05, 4.69) is 5.32 Å². The molecule has 0 atom stereocenters. The van der Waals surface area contributed by atoms with Crippen molar-refractivity contribution in [3.63, 3.8) is 0 Å². The predicted octanol–water partition coefficient (Wildman–Crippen LogP) is 3.00. The van der Waals surface area contributed by atoms with Crippen molar-refractivity contribution in [2.75, 3.05) is 13.1 Å². The van der Waals surface area contributed by atoms with Crippen LogP contribution in [0.25, 0.3) is 0 Å². The van der Waals surface area contributed by atoms with E-state index in [4.69, 9.17) is 0 Å². The van der Waals surface area contributed by atoms with Gasteiger partial charge in [-0.2, -0.15) is 4.31 Å². The minimum Gasteiger partial charge on any atom is -0.345 e. The van der Waals surface area contributed by atoms with E-state index in [-0.39, 0.29) is 22.3 Å². The highest BCUT2D eigenvalue weighted by Crippen LogP contribution is 2.41. The van der Waals surface area contributed by atoms with Gasteiger partial charge in [-0.05, 0) is 43.0 Å². The zero-order chi connectivity index (χ0) is 20.5. The van der Waals surface area contributed by atoms with Gasteiger partial charge in [0.15, 0.2) is 0 Å². The van der Waals surface area contributed by atoms with Crippen molar-refractivity contribution in [1.29, 1.82) is 0 Å². The lowest BCUT2D eigenvalue weighted by atomic mass is 9.71. The first-order valence-corrected chi connectivity index (χ1v) is 10.9. The van der Waals surface area contributed by atoms with Gasteiger partial charge in [-0.3, -0.25) is 4.79 Å². The molecule has 1 aromatic carbocycles. The maximum atomic E-state index is 13.3. The molecule has 0 aliphatic heterocycles. The summed E-state index contributed by atoms with van der Waals surface area (Å²) in [4.78, 5) is 13.1. The summed E-state index contributed by atoms with van der Waals surface area (Å²) in [6, 6.07) is 7.57. The molecule has 1 fully saturated rings. The van der Waals surface area contributed by atoms with Crippen molar-refractivity contribution in [3.8, 4) is 0 Å². The number of hydrogen-bond donors (Lipinski definition) is 1. The lowest BCUT2D eigenvalue weighted by Crippen LogP contribution is -2.51. The quantitative estimate of drug-likeness (QED) is 0.767. The smallest absolute Gasteiger partial charge is 0.268 e. The van der Waals surface area contributed by atoms with Crippen molar-refractivity contribution < 1.29 is 17.6 Å². The van der Waals surface area contributed by atoms with E-state index in [1.165, 1.54) is 33.3 Å². The first-order valence-electron chi connectivity index (χ1n) is 9.48. The standard InChI is InChI=1S/C20H26FN3O3S/c1-4-24(5-2)28(26,27)17-13-18(23(3)14-17)19(25)22-20(11-6-12-20)15-7-9-16(21)10-8-15/h7-10,13-14H,4-6,11-12H2,1-3H3,(H,22,25). The Balaban J connectivity index is 1.87. The van der Waals surface area contributed by atoms with Gasteiger partial charge in [0.2, 0.25) is 10.0 Å². The number of carbonyl (C=O) groups is 1. The molecule has 1 heterocycles. The summed E-state index contributed by atoms with van der Waals surface area (Å²) in [6.45, 7) is 4.28. The van der Waals surface area contributed by atoms with Crippen LogP contribution >= 0.6 is 0 Å². The Morgan fingerprint density at radius 3 is 2.32 bits per heavy atom. The molecule has 28 heavy (non-hydrogen) atoms. The molecule has 0 unspecified atom stereocenters. The fraction of sp³-hybridized carbons (Fsp3) is 0.450. The summed E-state index contributed by atoms with van der Waals surface area (Å²) < 4.78 is 41.6. The summed E-state index contributed by atoms with van der Waals surface area (Å²) in [6.07, 6.45) is 3.96. The maximum Gasteiger partial charge on any atom is 0.268 e. The minimum absolute atomic E-state index is 0.105. The van der Waals surface area contributed by atoms with Crippen molar-refractivity contribution in [1.82, 2.24) is 14.2 Å². The average molecular weight is 408 g/mol. The van der Waals surface area contributed by atoms with Crippen molar-refractivity contribution >= 4 is 15.9 Å². The van der Waals surface area contributed by atoms with Crippen LogP contribution in [0.2, 0.25) is 0 Å². The Morgan fingerprint density at radius 1 is 1.21 bits per heavy atom. The molecule has 1 aliphatic rings. The number of hydrogen-bond acceptors (Lipinski definition) is 3. The Hall–Kier alpha value is -2.19. The molecule has 2 aromatic rings. The number of aryl methyl sites for hydroxylation is 1. The first-order chi connectivity index (χ1) is 13.2. The van der Waals surface area contributed by atoms with Crippen LogP contribution in [0.5, 0.6) is 0 Å². The van der Waals surface area contributed by atoms with Crippen LogP contribution in [0.1, 0.15) is 49.2 Å². The largest absolute Gasteiger partial charge is 0.345 e. The molecular formula is C20H26FN3O3S. The molecule has 1 amide bonds. The summed E-state index contributed by atoms with van der Waals surface area (Å²) >= 11 is 0. The highest BCUT2D eigenvalue weighted by molar-refractivity contribution is 7.89. The van der Waals surface area contributed by atoms with Crippen LogP contribution < -0.4 is 5.32 Å². The number of sulfonamides is 1. The third-order valence-corrected chi connectivity index (χ3v) is 7.53. The second-order valence-electron chi connectivity index (χ2n) is 7.16. The molecule has 0 spiro atoms. The van der Waals surface area contributed by atoms with Gasteiger partial charge >= 0.3 is 0 Å². The molecule has 0 saturated heterocycles. The van der Waals surface area contributed by atoms with E-state index in [0.717, 1.165) is 24.8 Å². The normalized spacial score (nSPS) is 16.0. The number of carbonyl (C=O) groups excluding carboxylic acids is 1. The molecular weight excluding hydrogens is 381 g/mol. The van der Waals surface area contributed by atoms with Gasteiger partial charge < -0.3 is 9.88 Å². The van der Waals surface area contributed by atoms with Gasteiger partial charge in [0.25, 0.3) is 5.91 Å². The van der Waals surface area contributed by atoms with E-state index in [9.17, 15) is 17.6 Å². The van der Waals surface area contributed by atoms with Crippen LogP contribution in [0.4, 0.5) is 4.39 Å². The topological polar surface area (TPSA) is 71.4 Å². The Kier molecular flexibility index (Phi) is 5.63. The molecule has 152 valence electrons.